The Bertz CT molecular complexity index is 993. The molecule has 0 aliphatic heterocycles. The van der Waals surface area contributed by atoms with Gasteiger partial charge in [-0.1, -0.05) is 53.5 Å². The Kier molecular flexibility index (Phi) is 5.02. The van der Waals surface area contributed by atoms with Crippen LogP contribution in [0.3, 0.4) is 0 Å². The fourth-order valence-electron chi connectivity index (χ4n) is 2.23. The van der Waals surface area contributed by atoms with E-state index >= 15 is 0 Å². The second kappa shape index (κ2) is 7.38. The van der Waals surface area contributed by atoms with E-state index in [0.717, 1.165) is 0 Å². The monoisotopic (exact) mass is 374 g/mol. The van der Waals surface area contributed by atoms with Crippen LogP contribution in [0.5, 0.6) is 0 Å². The number of imidazole rings is 1. The standard InChI is InChI=1S/C17H12Cl2N4O2/c18-13-9-5-4-8-12(13)16(24)22-20-10-14-15(19)21-17(25)23(14)11-6-2-1-3-7-11/h1-10H,(H,21,25)(H,22,24). The predicted octanol–water partition coefficient (Wildman–Crippen LogP) is 3.24. The van der Waals surface area contributed by atoms with Gasteiger partial charge in [0, 0.05) is 0 Å². The van der Waals surface area contributed by atoms with Gasteiger partial charge in [0.1, 0.15) is 10.8 Å². The summed E-state index contributed by atoms with van der Waals surface area (Å²) in [6.07, 6.45) is 1.29. The maximum Gasteiger partial charge on any atom is 0.331 e. The highest BCUT2D eigenvalue weighted by Gasteiger charge is 2.13. The molecule has 3 aromatic rings. The van der Waals surface area contributed by atoms with Crippen molar-refractivity contribution in [2.75, 3.05) is 0 Å². The van der Waals surface area contributed by atoms with E-state index in [2.05, 4.69) is 15.5 Å². The third kappa shape index (κ3) is 3.65. The molecule has 1 heterocycles. The molecule has 0 fully saturated rings. The minimum absolute atomic E-state index is 0.115. The Balaban J connectivity index is 1.87. The minimum Gasteiger partial charge on any atom is -0.296 e. The van der Waals surface area contributed by atoms with E-state index in [-0.39, 0.29) is 5.15 Å². The summed E-state index contributed by atoms with van der Waals surface area (Å²) >= 11 is 12.0. The van der Waals surface area contributed by atoms with Crippen LogP contribution < -0.4 is 11.1 Å². The molecule has 0 aliphatic rings. The van der Waals surface area contributed by atoms with Gasteiger partial charge in [0.05, 0.1) is 22.5 Å². The van der Waals surface area contributed by atoms with Gasteiger partial charge in [0.25, 0.3) is 5.91 Å². The van der Waals surface area contributed by atoms with E-state index in [4.69, 9.17) is 23.2 Å². The van der Waals surface area contributed by atoms with Crippen LogP contribution in [0.25, 0.3) is 5.69 Å². The summed E-state index contributed by atoms with van der Waals surface area (Å²) in [5.74, 6) is -0.470. The Morgan fingerprint density at radius 2 is 1.76 bits per heavy atom. The van der Waals surface area contributed by atoms with Gasteiger partial charge in [-0.2, -0.15) is 5.10 Å². The van der Waals surface area contributed by atoms with Gasteiger partial charge in [0.15, 0.2) is 0 Å². The van der Waals surface area contributed by atoms with E-state index in [1.165, 1.54) is 10.8 Å². The zero-order valence-corrected chi connectivity index (χ0v) is 14.3. The highest BCUT2D eigenvalue weighted by Crippen LogP contribution is 2.15. The van der Waals surface area contributed by atoms with Gasteiger partial charge < -0.3 is 0 Å². The first kappa shape index (κ1) is 17.0. The van der Waals surface area contributed by atoms with Gasteiger partial charge in [0.2, 0.25) is 0 Å². The van der Waals surface area contributed by atoms with Crippen molar-refractivity contribution >= 4 is 35.3 Å². The summed E-state index contributed by atoms with van der Waals surface area (Å²) in [5.41, 5.74) is 3.18. The molecule has 126 valence electrons. The molecule has 0 atom stereocenters. The number of amides is 1. The molecule has 8 heteroatoms. The Labute approximate surface area is 152 Å². The number of rotatable bonds is 4. The first-order valence-corrected chi connectivity index (χ1v) is 7.97. The van der Waals surface area contributed by atoms with Crippen LogP contribution >= 0.6 is 23.2 Å². The molecule has 1 amide bonds. The van der Waals surface area contributed by atoms with Crippen LogP contribution in [0.2, 0.25) is 10.2 Å². The second-order valence-corrected chi connectivity index (χ2v) is 5.76. The number of carbonyl (C=O) groups excluding carboxylic acids is 1. The van der Waals surface area contributed by atoms with Gasteiger partial charge in [-0.3, -0.25) is 14.3 Å². The van der Waals surface area contributed by atoms with E-state index in [1.807, 2.05) is 6.07 Å². The first-order chi connectivity index (χ1) is 12.1. The lowest BCUT2D eigenvalue weighted by atomic mass is 10.2. The molecule has 3 rings (SSSR count). The van der Waals surface area contributed by atoms with Crippen molar-refractivity contribution in [2.45, 2.75) is 0 Å². The number of hydrogen-bond acceptors (Lipinski definition) is 3. The van der Waals surface area contributed by atoms with E-state index in [1.54, 1.807) is 48.5 Å². The first-order valence-electron chi connectivity index (χ1n) is 7.22. The number of benzene rings is 2. The number of nitrogens with zero attached hydrogens (tertiary/aromatic N) is 2. The van der Waals surface area contributed by atoms with Crippen LogP contribution in [0.15, 0.2) is 64.5 Å². The molecule has 0 saturated carbocycles. The van der Waals surface area contributed by atoms with Crippen molar-refractivity contribution in [1.29, 1.82) is 0 Å². The number of para-hydroxylation sites is 1. The number of aromatic amines is 1. The van der Waals surface area contributed by atoms with Crippen molar-refractivity contribution in [3.05, 3.63) is 86.5 Å². The van der Waals surface area contributed by atoms with Gasteiger partial charge in [-0.25, -0.2) is 10.2 Å². The van der Waals surface area contributed by atoms with Crippen molar-refractivity contribution in [3.8, 4) is 5.69 Å². The number of hydrogen-bond donors (Lipinski definition) is 2. The number of aromatic nitrogens is 2. The van der Waals surface area contributed by atoms with Crippen molar-refractivity contribution in [2.24, 2.45) is 5.10 Å². The molecular formula is C17H12Cl2N4O2. The Morgan fingerprint density at radius 1 is 1.08 bits per heavy atom. The minimum atomic E-state index is -0.470. The maximum atomic E-state index is 12.1. The van der Waals surface area contributed by atoms with Crippen LogP contribution in [0.1, 0.15) is 16.1 Å². The molecule has 0 unspecified atom stereocenters. The van der Waals surface area contributed by atoms with E-state index < -0.39 is 11.6 Å². The third-order valence-electron chi connectivity index (χ3n) is 3.37. The van der Waals surface area contributed by atoms with Crippen LogP contribution in [-0.4, -0.2) is 21.7 Å². The fraction of sp³-hybridized carbons (Fsp3) is 0. The number of nitrogens with one attached hydrogen (secondary N) is 2. The summed E-state index contributed by atoms with van der Waals surface area (Å²) < 4.78 is 1.35. The molecule has 2 N–H and O–H groups in total. The van der Waals surface area contributed by atoms with Gasteiger partial charge in [-0.05, 0) is 24.3 Å². The second-order valence-electron chi connectivity index (χ2n) is 4.98. The summed E-state index contributed by atoms with van der Waals surface area (Å²) in [7, 11) is 0. The lowest BCUT2D eigenvalue weighted by Gasteiger charge is -2.04. The molecule has 0 radical (unpaired) electrons. The Hall–Kier alpha value is -2.83. The van der Waals surface area contributed by atoms with E-state index in [0.29, 0.717) is 22.0 Å². The SMILES string of the molecule is O=C(NN=Cc1c(Cl)[nH]c(=O)n1-c1ccccc1)c1ccccc1Cl. The molecule has 25 heavy (non-hydrogen) atoms. The quantitative estimate of drug-likeness (QED) is 0.542. The predicted molar refractivity (Wildman–Crippen MR) is 97.9 cm³/mol. The molecule has 1 aromatic heterocycles. The number of halogens is 2. The lowest BCUT2D eigenvalue weighted by molar-refractivity contribution is 0.0955. The highest BCUT2D eigenvalue weighted by molar-refractivity contribution is 6.33. The average Bonchev–Trinajstić information content (AvgIpc) is 2.89. The number of carbonyl (C=O) groups is 1. The maximum absolute atomic E-state index is 12.1. The van der Waals surface area contributed by atoms with Crippen molar-refractivity contribution in [3.63, 3.8) is 0 Å². The molecular weight excluding hydrogens is 363 g/mol. The van der Waals surface area contributed by atoms with Crippen molar-refractivity contribution in [1.82, 2.24) is 15.0 Å². The molecule has 0 saturated heterocycles. The summed E-state index contributed by atoms with van der Waals surface area (Å²) in [4.78, 5) is 26.7. The summed E-state index contributed by atoms with van der Waals surface area (Å²) in [6, 6.07) is 15.5. The van der Waals surface area contributed by atoms with Gasteiger partial charge in [-0.15, -0.1) is 0 Å². The summed E-state index contributed by atoms with van der Waals surface area (Å²) in [6.45, 7) is 0. The van der Waals surface area contributed by atoms with Crippen LogP contribution in [-0.2, 0) is 0 Å². The number of H-pyrrole nitrogens is 1. The zero-order chi connectivity index (χ0) is 17.8. The topological polar surface area (TPSA) is 79.2 Å². The molecule has 0 spiro atoms. The Morgan fingerprint density at radius 3 is 2.48 bits per heavy atom. The molecule has 6 nitrogen and oxygen atoms in total. The van der Waals surface area contributed by atoms with Crippen molar-refractivity contribution < 1.29 is 4.79 Å². The third-order valence-corrected chi connectivity index (χ3v) is 3.99. The smallest absolute Gasteiger partial charge is 0.296 e. The number of hydrazone groups is 1. The fourth-order valence-corrected chi connectivity index (χ4v) is 2.66. The normalized spacial score (nSPS) is 11.0. The summed E-state index contributed by atoms with van der Waals surface area (Å²) in [5, 5.41) is 4.30. The molecule has 0 aliphatic carbocycles. The molecule has 0 bridgehead atoms. The van der Waals surface area contributed by atoms with Gasteiger partial charge >= 0.3 is 5.69 Å². The largest absolute Gasteiger partial charge is 0.331 e. The van der Waals surface area contributed by atoms with Crippen LogP contribution in [0.4, 0.5) is 0 Å². The highest BCUT2D eigenvalue weighted by atomic mass is 35.5. The van der Waals surface area contributed by atoms with Crippen LogP contribution in [0, 0.1) is 0 Å². The average molecular weight is 375 g/mol. The zero-order valence-electron chi connectivity index (χ0n) is 12.7. The van der Waals surface area contributed by atoms with E-state index in [9.17, 15) is 9.59 Å². The molecule has 2 aromatic carbocycles. The lowest BCUT2D eigenvalue weighted by Crippen LogP contribution is -2.19.